The Labute approximate surface area is 121 Å². The fourth-order valence-corrected chi connectivity index (χ4v) is 3.35. The Kier molecular flexibility index (Phi) is 4.36. The third-order valence-electron chi connectivity index (χ3n) is 4.64. The number of hydrogen-bond acceptors (Lipinski definition) is 2. The summed E-state index contributed by atoms with van der Waals surface area (Å²) in [4.78, 5) is 11.9. The van der Waals surface area contributed by atoms with Gasteiger partial charge in [0.2, 0.25) is 5.91 Å². The van der Waals surface area contributed by atoms with Crippen LogP contribution in [0.1, 0.15) is 49.1 Å². The molecule has 0 spiro atoms. The number of rotatable bonds is 5. The van der Waals surface area contributed by atoms with Gasteiger partial charge in [-0.25, -0.2) is 0 Å². The van der Waals surface area contributed by atoms with E-state index in [0.717, 1.165) is 25.9 Å². The van der Waals surface area contributed by atoms with Gasteiger partial charge in [-0.05, 0) is 43.4 Å². The number of carbonyl (C=O) groups is 1. The Morgan fingerprint density at radius 3 is 3.00 bits per heavy atom. The molecule has 20 heavy (non-hydrogen) atoms. The minimum Gasteiger partial charge on any atom is -0.355 e. The van der Waals surface area contributed by atoms with Crippen molar-refractivity contribution in [1.29, 1.82) is 0 Å². The monoisotopic (exact) mass is 272 g/mol. The predicted octanol–water partition coefficient (Wildman–Crippen LogP) is 2.36. The van der Waals surface area contributed by atoms with E-state index < -0.39 is 0 Å². The van der Waals surface area contributed by atoms with Gasteiger partial charge in [0.1, 0.15) is 0 Å². The van der Waals surface area contributed by atoms with Crippen molar-refractivity contribution in [2.75, 3.05) is 13.1 Å². The summed E-state index contributed by atoms with van der Waals surface area (Å²) in [5.41, 5.74) is 2.86. The molecule has 3 rings (SSSR count). The highest BCUT2D eigenvalue weighted by Gasteiger charge is 2.25. The van der Waals surface area contributed by atoms with Crippen LogP contribution in [0.5, 0.6) is 0 Å². The summed E-state index contributed by atoms with van der Waals surface area (Å²) in [7, 11) is 0. The van der Waals surface area contributed by atoms with Crippen LogP contribution in [-0.2, 0) is 11.2 Å². The van der Waals surface area contributed by atoms with Gasteiger partial charge in [0.15, 0.2) is 0 Å². The van der Waals surface area contributed by atoms with Gasteiger partial charge in [-0.2, -0.15) is 0 Å². The molecule has 1 aromatic carbocycles. The SMILES string of the molecule is O=C(CCC1CCCCN1)NCC1Cc2ccccc21. The zero-order valence-corrected chi connectivity index (χ0v) is 12.0. The van der Waals surface area contributed by atoms with Crippen LogP contribution in [-0.4, -0.2) is 25.0 Å². The van der Waals surface area contributed by atoms with Gasteiger partial charge >= 0.3 is 0 Å². The van der Waals surface area contributed by atoms with Crippen molar-refractivity contribution in [3.8, 4) is 0 Å². The molecule has 0 saturated carbocycles. The van der Waals surface area contributed by atoms with Gasteiger partial charge < -0.3 is 10.6 Å². The smallest absolute Gasteiger partial charge is 0.220 e. The highest BCUT2D eigenvalue weighted by molar-refractivity contribution is 5.76. The van der Waals surface area contributed by atoms with Gasteiger partial charge in [-0.1, -0.05) is 30.7 Å². The van der Waals surface area contributed by atoms with E-state index in [4.69, 9.17) is 0 Å². The predicted molar refractivity (Wildman–Crippen MR) is 80.8 cm³/mol. The summed E-state index contributed by atoms with van der Waals surface area (Å²) in [6.07, 6.45) is 6.56. The Bertz CT molecular complexity index is 466. The Morgan fingerprint density at radius 2 is 2.20 bits per heavy atom. The topological polar surface area (TPSA) is 41.1 Å². The van der Waals surface area contributed by atoms with Crippen LogP contribution in [0.3, 0.4) is 0 Å². The van der Waals surface area contributed by atoms with Gasteiger partial charge in [0.05, 0.1) is 0 Å². The second-order valence-corrected chi connectivity index (χ2v) is 6.09. The van der Waals surface area contributed by atoms with Crippen LogP contribution in [0, 0.1) is 0 Å². The van der Waals surface area contributed by atoms with E-state index in [1.165, 1.54) is 30.4 Å². The number of amides is 1. The average Bonchev–Trinajstić information content (AvgIpc) is 2.47. The molecule has 0 bridgehead atoms. The molecular formula is C17H24N2O. The molecule has 1 heterocycles. The second kappa shape index (κ2) is 6.40. The standard InChI is InChI=1S/C17H24N2O/c20-17(9-8-15-6-3-4-10-18-15)19-12-14-11-13-5-1-2-7-16(13)14/h1-2,5,7,14-15,18H,3-4,6,8-12H2,(H,19,20). The quantitative estimate of drug-likeness (QED) is 0.864. The third kappa shape index (κ3) is 3.21. The second-order valence-electron chi connectivity index (χ2n) is 6.09. The molecule has 2 unspecified atom stereocenters. The molecule has 1 aromatic rings. The number of nitrogens with one attached hydrogen (secondary N) is 2. The molecule has 1 saturated heterocycles. The normalized spacial score (nSPS) is 24.6. The van der Waals surface area contributed by atoms with E-state index in [2.05, 4.69) is 34.9 Å². The molecule has 2 aliphatic rings. The molecule has 1 amide bonds. The van der Waals surface area contributed by atoms with Gasteiger partial charge in [0, 0.05) is 24.9 Å². The molecular weight excluding hydrogens is 248 g/mol. The Balaban J connectivity index is 1.36. The van der Waals surface area contributed by atoms with Crippen LogP contribution < -0.4 is 10.6 Å². The first-order valence-electron chi connectivity index (χ1n) is 7.91. The molecule has 1 aliphatic heterocycles. The maximum Gasteiger partial charge on any atom is 0.220 e. The lowest BCUT2D eigenvalue weighted by atomic mass is 9.77. The van der Waals surface area contributed by atoms with Gasteiger partial charge in [-0.3, -0.25) is 4.79 Å². The highest BCUT2D eigenvalue weighted by Crippen LogP contribution is 2.33. The van der Waals surface area contributed by atoms with Crippen molar-refractivity contribution in [2.24, 2.45) is 0 Å². The lowest BCUT2D eigenvalue weighted by molar-refractivity contribution is -0.121. The molecule has 0 aromatic heterocycles. The number of carbonyl (C=O) groups excluding carboxylic acids is 1. The molecule has 108 valence electrons. The van der Waals surface area contributed by atoms with Gasteiger partial charge in [-0.15, -0.1) is 0 Å². The van der Waals surface area contributed by atoms with Gasteiger partial charge in [0.25, 0.3) is 0 Å². The molecule has 1 fully saturated rings. The first-order valence-corrected chi connectivity index (χ1v) is 7.91. The van der Waals surface area contributed by atoms with Crippen LogP contribution in [0.4, 0.5) is 0 Å². The molecule has 2 N–H and O–H groups in total. The van der Waals surface area contributed by atoms with E-state index in [1.807, 2.05) is 0 Å². The van der Waals surface area contributed by atoms with Crippen molar-refractivity contribution in [2.45, 2.75) is 50.5 Å². The largest absolute Gasteiger partial charge is 0.355 e. The van der Waals surface area contributed by atoms with Crippen LogP contribution in [0.15, 0.2) is 24.3 Å². The number of hydrogen-bond donors (Lipinski definition) is 2. The highest BCUT2D eigenvalue weighted by atomic mass is 16.1. The van der Waals surface area contributed by atoms with Crippen LogP contribution in [0.2, 0.25) is 0 Å². The Hall–Kier alpha value is -1.35. The average molecular weight is 272 g/mol. The summed E-state index contributed by atoms with van der Waals surface area (Å²) < 4.78 is 0. The van der Waals surface area contributed by atoms with Crippen molar-refractivity contribution in [3.05, 3.63) is 35.4 Å². The summed E-state index contributed by atoms with van der Waals surface area (Å²) in [6.45, 7) is 1.92. The van der Waals surface area contributed by atoms with Crippen LogP contribution in [0.25, 0.3) is 0 Å². The number of benzene rings is 1. The minimum absolute atomic E-state index is 0.210. The zero-order chi connectivity index (χ0) is 13.8. The zero-order valence-electron chi connectivity index (χ0n) is 12.0. The van der Waals surface area contributed by atoms with Crippen molar-refractivity contribution >= 4 is 5.91 Å². The maximum absolute atomic E-state index is 11.9. The maximum atomic E-state index is 11.9. The Morgan fingerprint density at radius 1 is 1.30 bits per heavy atom. The third-order valence-corrected chi connectivity index (χ3v) is 4.64. The molecule has 3 heteroatoms. The van der Waals surface area contributed by atoms with E-state index in [1.54, 1.807) is 0 Å². The number of piperidine rings is 1. The van der Waals surface area contributed by atoms with Crippen molar-refractivity contribution in [3.63, 3.8) is 0 Å². The molecule has 3 nitrogen and oxygen atoms in total. The van der Waals surface area contributed by atoms with E-state index in [9.17, 15) is 4.79 Å². The molecule has 1 aliphatic carbocycles. The van der Waals surface area contributed by atoms with Crippen molar-refractivity contribution < 1.29 is 4.79 Å². The lowest BCUT2D eigenvalue weighted by Gasteiger charge is -2.30. The summed E-state index contributed by atoms with van der Waals surface area (Å²) in [5, 5.41) is 6.59. The lowest BCUT2D eigenvalue weighted by Crippen LogP contribution is -2.36. The fourth-order valence-electron chi connectivity index (χ4n) is 3.35. The fraction of sp³-hybridized carbons (Fsp3) is 0.588. The minimum atomic E-state index is 0.210. The number of fused-ring (bicyclic) bond motifs is 1. The van der Waals surface area contributed by atoms with Crippen molar-refractivity contribution in [1.82, 2.24) is 10.6 Å². The molecule has 0 radical (unpaired) electrons. The molecule has 2 atom stereocenters. The summed E-state index contributed by atoms with van der Waals surface area (Å²) in [5.74, 6) is 0.740. The van der Waals surface area contributed by atoms with E-state index in [0.29, 0.717) is 18.4 Å². The summed E-state index contributed by atoms with van der Waals surface area (Å²) >= 11 is 0. The summed E-state index contributed by atoms with van der Waals surface area (Å²) in [6, 6.07) is 9.09. The van der Waals surface area contributed by atoms with E-state index >= 15 is 0 Å². The first-order chi connectivity index (χ1) is 9.83. The van der Waals surface area contributed by atoms with E-state index in [-0.39, 0.29) is 5.91 Å². The van der Waals surface area contributed by atoms with Crippen LogP contribution >= 0.6 is 0 Å². The first kappa shape index (κ1) is 13.6.